The highest BCUT2D eigenvalue weighted by molar-refractivity contribution is 5.71. The highest BCUT2D eigenvalue weighted by Gasteiger charge is 2.19. The molecule has 0 amide bonds. The van der Waals surface area contributed by atoms with Gasteiger partial charge in [0.05, 0.1) is 0 Å². The number of carbonyl (C=O) groups excluding carboxylic acids is 3. The Morgan fingerprint density at radius 1 is 0.319 bits per heavy atom. The smallest absolute Gasteiger partial charge is 0.306 e. The van der Waals surface area contributed by atoms with Gasteiger partial charge in [-0.3, -0.25) is 14.4 Å². The third kappa shape index (κ3) is 53.6. The molecule has 0 aromatic carbocycles. The van der Waals surface area contributed by atoms with Crippen LogP contribution in [0.2, 0.25) is 0 Å². The second kappa shape index (κ2) is 55.4. The van der Waals surface area contributed by atoms with Crippen molar-refractivity contribution in [3.8, 4) is 0 Å². The molecule has 0 spiro atoms. The molecular weight excluding hydrogens is 853 g/mol. The van der Waals surface area contributed by atoms with Gasteiger partial charge in [0.1, 0.15) is 13.2 Å². The molecule has 0 rings (SSSR count). The number of unbranched alkanes of at least 4 members (excludes halogenated alkanes) is 10. The molecule has 0 aromatic heterocycles. The summed E-state index contributed by atoms with van der Waals surface area (Å²) in [5, 5.41) is 0. The van der Waals surface area contributed by atoms with Crippen molar-refractivity contribution in [1.82, 2.24) is 0 Å². The standard InChI is InChI=1S/C63H94O6/c1-4-7-10-13-16-19-22-25-28-31-33-35-38-41-44-47-50-53-56-62(65)68-59-60(58-67-61(64)55-52-49-46-43-40-37-34-30-27-24-21-18-15-12-9-6-3)69-63(66)57-54-51-48-45-42-39-36-32-29-26-23-20-17-14-11-8-5-2/h9-10,12-13,16-22,25-31,33,35-37,39-40,45-46,48-49,60H,4-8,11,14-15,23-24,32,34,38,41-44,47,50-59H2,1-3H3/b12-9-,13-10-,19-16-,20-17-,21-18-,25-22-,29-26-,30-27-,31-28-,35-33-,39-36-,40-37-,48-45-,49-46-. The summed E-state index contributed by atoms with van der Waals surface area (Å²) in [6.07, 6.45) is 82.0. The van der Waals surface area contributed by atoms with E-state index in [0.29, 0.717) is 19.3 Å². The maximum atomic E-state index is 12.8. The Labute approximate surface area is 422 Å². The van der Waals surface area contributed by atoms with Crippen molar-refractivity contribution >= 4 is 17.9 Å². The average molecular weight is 947 g/mol. The van der Waals surface area contributed by atoms with Crippen molar-refractivity contribution < 1.29 is 28.6 Å². The van der Waals surface area contributed by atoms with E-state index in [-0.39, 0.29) is 38.0 Å². The zero-order chi connectivity index (χ0) is 50.0. The molecule has 1 unspecified atom stereocenters. The quantitative estimate of drug-likeness (QED) is 0.0199. The molecule has 69 heavy (non-hydrogen) atoms. The minimum Gasteiger partial charge on any atom is -0.462 e. The number of hydrogen-bond donors (Lipinski definition) is 0. The molecule has 6 heteroatoms. The normalized spacial score (nSPS) is 13.5. The molecule has 0 bridgehead atoms. The molecule has 0 aromatic rings. The monoisotopic (exact) mass is 947 g/mol. The van der Waals surface area contributed by atoms with Gasteiger partial charge in [0, 0.05) is 19.3 Å². The van der Waals surface area contributed by atoms with Crippen LogP contribution in [0.4, 0.5) is 0 Å². The summed E-state index contributed by atoms with van der Waals surface area (Å²) in [6, 6.07) is 0. The lowest BCUT2D eigenvalue weighted by Gasteiger charge is -2.18. The minimum absolute atomic E-state index is 0.145. The van der Waals surface area contributed by atoms with E-state index in [9.17, 15) is 14.4 Å². The van der Waals surface area contributed by atoms with E-state index in [2.05, 4.69) is 142 Å². The van der Waals surface area contributed by atoms with Crippen molar-refractivity contribution in [2.24, 2.45) is 0 Å². The number of esters is 3. The van der Waals surface area contributed by atoms with Crippen LogP contribution in [0.5, 0.6) is 0 Å². The van der Waals surface area contributed by atoms with Crippen molar-refractivity contribution in [2.45, 2.75) is 194 Å². The minimum atomic E-state index is -0.857. The predicted octanol–water partition coefficient (Wildman–Crippen LogP) is 18.0. The summed E-state index contributed by atoms with van der Waals surface area (Å²) in [5.74, 6) is -1.13. The highest BCUT2D eigenvalue weighted by Crippen LogP contribution is 2.11. The van der Waals surface area contributed by atoms with E-state index >= 15 is 0 Å². The summed E-state index contributed by atoms with van der Waals surface area (Å²) < 4.78 is 16.7. The first-order chi connectivity index (χ1) is 34.0. The molecule has 0 N–H and O–H groups in total. The van der Waals surface area contributed by atoms with Gasteiger partial charge < -0.3 is 14.2 Å². The molecule has 1 atom stereocenters. The molecule has 0 aliphatic carbocycles. The average Bonchev–Trinajstić information content (AvgIpc) is 3.35. The molecular formula is C63H94O6. The Balaban J connectivity index is 4.68. The maximum Gasteiger partial charge on any atom is 0.306 e. The number of rotatable bonds is 45. The number of ether oxygens (including phenoxy) is 3. The van der Waals surface area contributed by atoms with Crippen LogP contribution >= 0.6 is 0 Å². The van der Waals surface area contributed by atoms with Gasteiger partial charge in [-0.15, -0.1) is 0 Å². The van der Waals surface area contributed by atoms with Crippen LogP contribution in [0, 0.1) is 0 Å². The van der Waals surface area contributed by atoms with E-state index < -0.39 is 12.1 Å². The lowest BCUT2D eigenvalue weighted by molar-refractivity contribution is -0.166. The van der Waals surface area contributed by atoms with Gasteiger partial charge in [-0.25, -0.2) is 0 Å². The molecule has 0 fully saturated rings. The van der Waals surface area contributed by atoms with Gasteiger partial charge in [0.2, 0.25) is 0 Å². The molecule has 0 aliphatic rings. The van der Waals surface area contributed by atoms with Crippen LogP contribution in [0.25, 0.3) is 0 Å². The SMILES string of the molecule is CC/C=C\C/C=C\C/C=C\C/C=C\C/C=C\CCC(=O)OCC(COC(=O)CCCCCCC\C=C/C=C\C=C/C=C\C=C/CCC)OC(=O)CCC/C=C\C/C=C\C/C=C\C/C=C\CCCCC. The third-order valence-electron chi connectivity index (χ3n) is 10.3. The Kier molecular flexibility index (Phi) is 51.2. The second-order valence-electron chi connectivity index (χ2n) is 16.8. The molecule has 0 saturated heterocycles. The highest BCUT2D eigenvalue weighted by atomic mass is 16.6. The topological polar surface area (TPSA) is 78.9 Å². The van der Waals surface area contributed by atoms with Crippen molar-refractivity contribution in [3.05, 3.63) is 170 Å². The van der Waals surface area contributed by atoms with Crippen LogP contribution in [0.1, 0.15) is 188 Å². The Morgan fingerprint density at radius 3 is 1.20 bits per heavy atom. The molecule has 382 valence electrons. The van der Waals surface area contributed by atoms with Crippen LogP contribution in [-0.2, 0) is 28.6 Å². The molecule has 0 aliphatic heterocycles. The summed E-state index contributed by atoms with van der Waals surface area (Å²) >= 11 is 0. The summed E-state index contributed by atoms with van der Waals surface area (Å²) in [7, 11) is 0. The lowest BCUT2D eigenvalue weighted by atomic mass is 10.1. The first-order valence-corrected chi connectivity index (χ1v) is 26.7. The van der Waals surface area contributed by atoms with Crippen LogP contribution in [0.15, 0.2) is 170 Å². The molecule has 0 saturated carbocycles. The van der Waals surface area contributed by atoms with E-state index in [0.717, 1.165) is 103 Å². The molecule has 0 radical (unpaired) electrons. The Hall–Kier alpha value is -5.23. The second-order valence-corrected chi connectivity index (χ2v) is 16.8. The largest absolute Gasteiger partial charge is 0.462 e. The van der Waals surface area contributed by atoms with Gasteiger partial charge >= 0.3 is 17.9 Å². The summed E-state index contributed by atoms with van der Waals surface area (Å²) in [5.41, 5.74) is 0. The van der Waals surface area contributed by atoms with Gasteiger partial charge in [0.25, 0.3) is 0 Å². The first-order valence-electron chi connectivity index (χ1n) is 26.7. The van der Waals surface area contributed by atoms with Crippen LogP contribution in [0.3, 0.4) is 0 Å². The van der Waals surface area contributed by atoms with E-state index in [1.807, 2.05) is 48.6 Å². The van der Waals surface area contributed by atoms with E-state index in [1.165, 1.54) is 32.1 Å². The maximum absolute atomic E-state index is 12.8. The number of hydrogen-bond acceptors (Lipinski definition) is 6. The zero-order valence-electron chi connectivity index (χ0n) is 43.5. The van der Waals surface area contributed by atoms with E-state index in [4.69, 9.17) is 14.2 Å². The Morgan fingerprint density at radius 2 is 0.696 bits per heavy atom. The van der Waals surface area contributed by atoms with Gasteiger partial charge in [-0.05, 0) is 109 Å². The van der Waals surface area contributed by atoms with Gasteiger partial charge in [-0.1, -0.05) is 229 Å². The fraction of sp³-hybridized carbons (Fsp3) is 0.508. The lowest BCUT2D eigenvalue weighted by Crippen LogP contribution is -2.30. The zero-order valence-corrected chi connectivity index (χ0v) is 43.5. The van der Waals surface area contributed by atoms with Crippen molar-refractivity contribution in [2.75, 3.05) is 13.2 Å². The van der Waals surface area contributed by atoms with Crippen LogP contribution < -0.4 is 0 Å². The first kappa shape index (κ1) is 63.8. The van der Waals surface area contributed by atoms with E-state index in [1.54, 1.807) is 0 Å². The number of allylic oxidation sites excluding steroid dienone is 28. The van der Waals surface area contributed by atoms with Gasteiger partial charge in [0.15, 0.2) is 6.10 Å². The van der Waals surface area contributed by atoms with Crippen LogP contribution in [-0.4, -0.2) is 37.2 Å². The summed E-state index contributed by atoms with van der Waals surface area (Å²) in [6.45, 7) is 6.24. The van der Waals surface area contributed by atoms with Crippen molar-refractivity contribution in [3.63, 3.8) is 0 Å². The predicted molar refractivity (Wildman–Crippen MR) is 297 cm³/mol. The van der Waals surface area contributed by atoms with Gasteiger partial charge in [-0.2, -0.15) is 0 Å². The van der Waals surface area contributed by atoms with Crippen molar-refractivity contribution in [1.29, 1.82) is 0 Å². The fourth-order valence-electron chi connectivity index (χ4n) is 6.34. The molecule has 6 nitrogen and oxygen atoms in total. The fourth-order valence-corrected chi connectivity index (χ4v) is 6.34. The number of carbonyl (C=O) groups is 3. The molecule has 0 heterocycles. The Bertz CT molecular complexity index is 1650. The summed E-state index contributed by atoms with van der Waals surface area (Å²) in [4.78, 5) is 38.0. The third-order valence-corrected chi connectivity index (χ3v) is 10.3.